The first-order valence-electron chi connectivity index (χ1n) is 8.54. The number of morpholine rings is 1. The van der Waals surface area contributed by atoms with E-state index >= 15 is 0 Å². The minimum absolute atomic E-state index is 0.104. The number of pyridine rings is 1. The summed E-state index contributed by atoms with van der Waals surface area (Å²) in [6.07, 6.45) is 5.71. The van der Waals surface area contributed by atoms with Crippen LogP contribution in [0.3, 0.4) is 0 Å². The van der Waals surface area contributed by atoms with Gasteiger partial charge in [0.2, 0.25) is 0 Å². The number of nitrogens with zero attached hydrogens (tertiary/aromatic N) is 4. The lowest BCUT2D eigenvalue weighted by atomic mass is 10.1. The molecule has 0 N–H and O–H groups in total. The highest BCUT2D eigenvalue weighted by atomic mass is 19.1. The van der Waals surface area contributed by atoms with Crippen molar-refractivity contribution in [2.75, 3.05) is 19.7 Å². The van der Waals surface area contributed by atoms with Crippen LogP contribution in [0.2, 0.25) is 0 Å². The number of ether oxygens (including phenoxy) is 1. The van der Waals surface area contributed by atoms with Crippen molar-refractivity contribution in [1.82, 2.24) is 19.7 Å². The van der Waals surface area contributed by atoms with Crippen LogP contribution in [0.4, 0.5) is 4.39 Å². The van der Waals surface area contributed by atoms with Gasteiger partial charge in [0.25, 0.3) is 0 Å². The first-order valence-corrected chi connectivity index (χ1v) is 8.54. The van der Waals surface area contributed by atoms with Crippen molar-refractivity contribution in [2.45, 2.75) is 26.1 Å². The summed E-state index contributed by atoms with van der Waals surface area (Å²) in [5.41, 5.74) is 2.94. The molecule has 0 unspecified atom stereocenters. The average molecular weight is 340 g/mol. The smallest absolute Gasteiger partial charge is 0.132 e. The minimum Gasteiger partial charge on any atom is -0.374 e. The molecule has 0 amide bonds. The molecule has 4 rings (SSSR count). The maximum Gasteiger partial charge on any atom is 0.132 e. The van der Waals surface area contributed by atoms with Crippen molar-refractivity contribution in [3.63, 3.8) is 0 Å². The summed E-state index contributed by atoms with van der Waals surface area (Å²) in [5.74, 6) is -0.222. The van der Waals surface area contributed by atoms with Gasteiger partial charge in [0, 0.05) is 37.4 Å². The largest absolute Gasteiger partial charge is 0.374 e. The van der Waals surface area contributed by atoms with E-state index in [0.29, 0.717) is 12.0 Å². The predicted octanol–water partition coefficient (Wildman–Crippen LogP) is 2.78. The number of fused-ring (bicyclic) bond motifs is 1. The van der Waals surface area contributed by atoms with Crippen LogP contribution in [-0.2, 0) is 17.8 Å². The zero-order valence-electron chi connectivity index (χ0n) is 14.2. The van der Waals surface area contributed by atoms with E-state index < -0.39 is 0 Å². The van der Waals surface area contributed by atoms with Gasteiger partial charge in [0.05, 0.1) is 31.0 Å². The lowest BCUT2D eigenvalue weighted by molar-refractivity contribution is -0.0401. The monoisotopic (exact) mass is 340 g/mol. The fourth-order valence-electron chi connectivity index (χ4n) is 3.37. The Bertz CT molecular complexity index is 879. The second kappa shape index (κ2) is 6.90. The number of aryl methyl sites for hydroxylation is 1. The SMILES string of the molecule is Cc1cnn(C[C@@H]2CN(Cc3ccc(F)c4cccnc34)CCO2)c1. The lowest BCUT2D eigenvalue weighted by Crippen LogP contribution is -2.43. The van der Waals surface area contributed by atoms with E-state index in [9.17, 15) is 4.39 Å². The molecule has 1 aromatic carbocycles. The standard InChI is InChI=1S/C19H21FN4O/c1-14-9-22-24(10-14)13-16-12-23(7-8-25-16)11-15-4-5-18(20)17-3-2-6-21-19(15)17/h2-6,9-10,16H,7-8,11-13H2,1H3/t16-/m0/s1. The molecular formula is C19H21FN4O. The van der Waals surface area contributed by atoms with Gasteiger partial charge in [-0.3, -0.25) is 14.6 Å². The molecule has 6 heteroatoms. The van der Waals surface area contributed by atoms with Crippen molar-refractivity contribution in [3.05, 3.63) is 59.8 Å². The van der Waals surface area contributed by atoms with E-state index in [-0.39, 0.29) is 11.9 Å². The molecule has 1 atom stereocenters. The van der Waals surface area contributed by atoms with Gasteiger partial charge in [-0.2, -0.15) is 5.10 Å². The van der Waals surface area contributed by atoms with E-state index in [2.05, 4.69) is 15.0 Å². The zero-order valence-corrected chi connectivity index (χ0v) is 14.2. The number of hydrogen-bond donors (Lipinski definition) is 0. The summed E-state index contributed by atoms with van der Waals surface area (Å²) in [4.78, 5) is 6.72. The molecule has 0 aliphatic carbocycles. The van der Waals surface area contributed by atoms with Crippen LogP contribution in [-0.4, -0.2) is 45.5 Å². The maximum atomic E-state index is 14.0. The first-order chi connectivity index (χ1) is 12.2. The molecule has 0 bridgehead atoms. The van der Waals surface area contributed by atoms with Crippen LogP contribution in [0.1, 0.15) is 11.1 Å². The van der Waals surface area contributed by atoms with Gasteiger partial charge in [-0.25, -0.2) is 4.39 Å². The molecule has 1 aliphatic heterocycles. The van der Waals surface area contributed by atoms with Crippen LogP contribution in [0.15, 0.2) is 42.9 Å². The Morgan fingerprint density at radius 3 is 3.08 bits per heavy atom. The van der Waals surface area contributed by atoms with Gasteiger partial charge >= 0.3 is 0 Å². The molecule has 1 fully saturated rings. The summed E-state index contributed by atoms with van der Waals surface area (Å²) in [6, 6.07) is 6.92. The van der Waals surface area contributed by atoms with Crippen molar-refractivity contribution in [1.29, 1.82) is 0 Å². The number of halogens is 1. The molecule has 3 heterocycles. The van der Waals surface area contributed by atoms with Crippen LogP contribution >= 0.6 is 0 Å². The average Bonchev–Trinajstić information content (AvgIpc) is 3.03. The van der Waals surface area contributed by atoms with Crippen LogP contribution in [0, 0.1) is 12.7 Å². The highest BCUT2D eigenvalue weighted by Crippen LogP contribution is 2.22. The van der Waals surface area contributed by atoms with Gasteiger partial charge in [-0.15, -0.1) is 0 Å². The molecular weight excluding hydrogens is 319 g/mol. The third-order valence-electron chi connectivity index (χ3n) is 4.57. The predicted molar refractivity (Wildman–Crippen MR) is 93.7 cm³/mol. The third kappa shape index (κ3) is 3.55. The number of aromatic nitrogens is 3. The quantitative estimate of drug-likeness (QED) is 0.732. The Kier molecular flexibility index (Phi) is 4.46. The Hall–Kier alpha value is -2.31. The van der Waals surface area contributed by atoms with Crippen molar-refractivity contribution >= 4 is 10.9 Å². The maximum absolute atomic E-state index is 14.0. The number of rotatable bonds is 4. The van der Waals surface area contributed by atoms with E-state index in [1.165, 1.54) is 6.07 Å². The highest BCUT2D eigenvalue weighted by molar-refractivity contribution is 5.82. The molecule has 0 spiro atoms. The topological polar surface area (TPSA) is 43.2 Å². The summed E-state index contributed by atoms with van der Waals surface area (Å²) < 4.78 is 21.8. The van der Waals surface area contributed by atoms with Crippen molar-refractivity contribution < 1.29 is 9.13 Å². The molecule has 0 radical (unpaired) electrons. The summed E-state index contributed by atoms with van der Waals surface area (Å²) >= 11 is 0. The highest BCUT2D eigenvalue weighted by Gasteiger charge is 2.22. The third-order valence-corrected chi connectivity index (χ3v) is 4.57. The van der Waals surface area contributed by atoms with Crippen molar-refractivity contribution in [3.8, 4) is 0 Å². The second-order valence-electron chi connectivity index (χ2n) is 6.57. The Morgan fingerprint density at radius 2 is 2.24 bits per heavy atom. The molecule has 25 heavy (non-hydrogen) atoms. The fourth-order valence-corrected chi connectivity index (χ4v) is 3.37. The second-order valence-corrected chi connectivity index (χ2v) is 6.57. The number of benzene rings is 1. The van der Waals surface area contributed by atoms with Crippen molar-refractivity contribution in [2.24, 2.45) is 0 Å². The molecule has 1 aliphatic rings. The zero-order chi connectivity index (χ0) is 17.2. The summed E-state index contributed by atoms with van der Waals surface area (Å²) in [5, 5.41) is 4.92. The summed E-state index contributed by atoms with van der Waals surface area (Å²) in [6.45, 7) is 5.89. The van der Waals surface area contributed by atoms with Gasteiger partial charge in [0.1, 0.15) is 5.82 Å². The molecule has 1 saturated heterocycles. The molecule has 0 saturated carbocycles. The van der Waals surface area contributed by atoms with Crippen LogP contribution in [0.25, 0.3) is 10.9 Å². The van der Waals surface area contributed by atoms with Crippen LogP contribution < -0.4 is 0 Å². The van der Waals surface area contributed by atoms with E-state index in [1.807, 2.05) is 30.1 Å². The number of hydrogen-bond acceptors (Lipinski definition) is 4. The molecule has 3 aromatic rings. The Balaban J connectivity index is 1.48. The van der Waals surface area contributed by atoms with E-state index in [4.69, 9.17) is 4.74 Å². The molecule has 2 aromatic heterocycles. The normalized spacial score (nSPS) is 18.7. The molecule has 130 valence electrons. The van der Waals surface area contributed by atoms with Gasteiger partial charge in [0.15, 0.2) is 0 Å². The minimum atomic E-state index is -0.222. The van der Waals surface area contributed by atoms with E-state index in [1.54, 1.807) is 18.3 Å². The van der Waals surface area contributed by atoms with Gasteiger partial charge < -0.3 is 4.74 Å². The van der Waals surface area contributed by atoms with Gasteiger partial charge in [-0.1, -0.05) is 6.07 Å². The van der Waals surface area contributed by atoms with E-state index in [0.717, 1.165) is 42.8 Å². The Labute approximate surface area is 146 Å². The first kappa shape index (κ1) is 16.2. The molecule has 5 nitrogen and oxygen atoms in total. The fraction of sp³-hybridized carbons (Fsp3) is 0.368. The Morgan fingerprint density at radius 1 is 1.32 bits per heavy atom. The summed E-state index contributed by atoms with van der Waals surface area (Å²) in [7, 11) is 0. The van der Waals surface area contributed by atoms with Crippen LogP contribution in [0.5, 0.6) is 0 Å². The van der Waals surface area contributed by atoms with Gasteiger partial charge in [-0.05, 0) is 36.2 Å². The lowest BCUT2D eigenvalue weighted by Gasteiger charge is -2.33.